The maximum absolute atomic E-state index is 8.15. The minimum atomic E-state index is -2.91. The molecular formula is C73H83N5+2. The van der Waals surface area contributed by atoms with Crippen LogP contribution in [0.15, 0.2) is 213 Å². The molecule has 5 aromatic carbocycles. The molecule has 0 spiro atoms. The summed E-state index contributed by atoms with van der Waals surface area (Å²) in [6.45, 7) is 1.28. The predicted octanol–water partition coefficient (Wildman–Crippen LogP) is 17.6. The fourth-order valence-electron chi connectivity index (χ4n) is 8.72. The molecule has 10 rings (SSSR count). The molecule has 78 heavy (non-hydrogen) atoms. The number of nitrogens with zero attached hydrogens (tertiary/aromatic N) is 5. The molecule has 0 aliphatic carbocycles. The second-order valence-corrected chi connectivity index (χ2v) is 19.2. The molecule has 0 amide bonds. The van der Waals surface area contributed by atoms with E-state index in [-0.39, 0.29) is 12.8 Å². The molecule has 0 bridgehead atoms. The third kappa shape index (κ3) is 17.2. The van der Waals surface area contributed by atoms with Gasteiger partial charge in [0.25, 0.3) is 0 Å². The molecule has 0 aliphatic heterocycles. The van der Waals surface area contributed by atoms with Crippen LogP contribution in [-0.4, -0.2) is 15.0 Å². The zero-order valence-corrected chi connectivity index (χ0v) is 46.4. The van der Waals surface area contributed by atoms with Crippen LogP contribution in [0.1, 0.15) is 119 Å². The van der Waals surface area contributed by atoms with Crippen LogP contribution in [0.25, 0.3) is 56.3 Å². The standard InChI is InChI=1S/C17H22N.C15H17N.C14H16N.C14H15N.C13H13N/c1-13(2)11-15-8-9-16(14(3)12-15)17-7-5-6-10-18(17)4;1-11(2)13-7-8-14(12(3)10-13)15-6-4-5-9-16-15;1-11-7-8-12(2)13(10-11)14-6-4-5-9-15(14)3;1-3-12-7-8-13(11(2)10-12)14-6-4-5-9-15-14;1-10-6-7-11(2)12(9-10)13-5-3-4-8-14-13/h5-10,12-13H,11H2,1-4H3;4-11H,1-3H3;4-10H,1-3H3;4-10H,3H2,1-2H3;3-9H,1-2H3/q+1;;+1;;/i1D3,2D3,13D;1D3,11D;;2*1D3. The Balaban J connectivity index is 0.000000190. The van der Waals surface area contributed by atoms with Crippen molar-refractivity contribution in [3.63, 3.8) is 0 Å². The Hall–Kier alpha value is -8.15. The third-order valence-corrected chi connectivity index (χ3v) is 12.9. The lowest BCUT2D eigenvalue weighted by molar-refractivity contribution is -0.660. The summed E-state index contributed by atoms with van der Waals surface area (Å²) in [5.41, 5.74) is 18.7. The molecule has 5 heteroatoms. The number of aromatic nitrogens is 5. The van der Waals surface area contributed by atoms with Crippen molar-refractivity contribution in [3.05, 3.63) is 269 Å². The lowest BCUT2D eigenvalue weighted by Gasteiger charge is -2.10. The molecule has 398 valence electrons. The molecular weight excluding hydrogens is 947 g/mol. The second kappa shape index (κ2) is 29.4. The van der Waals surface area contributed by atoms with Crippen molar-refractivity contribution in [1.29, 1.82) is 0 Å². The number of aryl methyl sites for hydroxylation is 10. The molecule has 5 aromatic heterocycles. The van der Waals surface area contributed by atoms with E-state index < -0.39 is 46.0 Å². The summed E-state index contributed by atoms with van der Waals surface area (Å²) in [6.07, 6.45) is 8.94. The van der Waals surface area contributed by atoms with Crippen LogP contribution in [0.3, 0.4) is 0 Å². The average Bonchev–Trinajstić information content (AvgIpc) is 0.780. The van der Waals surface area contributed by atoms with Crippen molar-refractivity contribution < 1.29 is 32.4 Å². The van der Waals surface area contributed by atoms with Gasteiger partial charge in [-0.25, -0.2) is 9.13 Å². The fourth-order valence-corrected chi connectivity index (χ4v) is 8.72. The van der Waals surface area contributed by atoms with Gasteiger partial charge in [-0.3, -0.25) is 15.0 Å². The molecule has 5 heterocycles. The van der Waals surface area contributed by atoms with E-state index in [4.69, 9.17) is 23.3 Å². The summed E-state index contributed by atoms with van der Waals surface area (Å²) in [6, 6.07) is 57.3. The summed E-state index contributed by atoms with van der Waals surface area (Å²) in [4.78, 5) is 12.8. The van der Waals surface area contributed by atoms with Crippen molar-refractivity contribution in [3.8, 4) is 56.3 Å². The Morgan fingerprint density at radius 3 is 1.44 bits per heavy atom. The molecule has 1 atom stereocenters. The molecule has 1 unspecified atom stereocenters. The van der Waals surface area contributed by atoms with Gasteiger partial charge in [-0.2, -0.15) is 0 Å². The smallest absolute Gasteiger partial charge is 0.212 e. The van der Waals surface area contributed by atoms with Gasteiger partial charge in [0.2, 0.25) is 11.4 Å². The Bertz CT molecular complexity index is 4130. The van der Waals surface area contributed by atoms with Gasteiger partial charge in [0.15, 0.2) is 12.4 Å². The van der Waals surface area contributed by atoms with Crippen molar-refractivity contribution in [2.75, 3.05) is 0 Å². The lowest BCUT2D eigenvalue weighted by atomic mass is 9.96. The Kier molecular flexibility index (Phi) is 14.8. The highest BCUT2D eigenvalue weighted by Gasteiger charge is 2.13. The van der Waals surface area contributed by atoms with Crippen molar-refractivity contribution in [2.45, 2.75) is 101 Å². The number of pyridine rings is 5. The molecule has 0 radical (unpaired) electrons. The summed E-state index contributed by atoms with van der Waals surface area (Å²) < 4.78 is 132. The monoisotopic (exact) mass is 1050 g/mol. The molecule has 0 aliphatic rings. The minimum Gasteiger partial charge on any atom is -0.256 e. The quantitative estimate of drug-likeness (QED) is 0.135. The normalized spacial score (nSPS) is 15.4. The first-order valence-corrected chi connectivity index (χ1v) is 25.9. The highest BCUT2D eigenvalue weighted by Crippen LogP contribution is 2.27. The maximum Gasteiger partial charge on any atom is 0.212 e. The Labute approximate surface area is 492 Å². The van der Waals surface area contributed by atoms with Crippen LogP contribution < -0.4 is 9.13 Å². The van der Waals surface area contributed by atoms with E-state index in [0.29, 0.717) is 16.7 Å². The molecule has 10 aromatic rings. The largest absolute Gasteiger partial charge is 0.256 e. The number of hydrogen-bond acceptors (Lipinski definition) is 3. The first-order chi connectivity index (χ1) is 44.2. The average molecular weight is 1050 g/mol. The SMILES string of the molecule is Cc1ccc(C)c(-c2cccc[n+]2C)c1.[2H]C([2H])([2H])C([2H])(C)c1ccc(-c2ccccn2)c(C)c1.[2H]C([2H])([2H])C([2H])(Cc1ccc(-c2cccc[n+]2C)c(C)c1)C([2H])([2H])[2H].[2H]C([2H])([2H])Cc1ccc(-c2ccccn2)c(C)c1.[2H]C([2H])([2H])c1ccc(C)c(-c2ccccn2)c1. The number of rotatable bonds is 9. The van der Waals surface area contributed by atoms with Crippen LogP contribution in [0, 0.1) is 54.3 Å². The zero-order valence-electron chi connectivity index (χ0n) is 63.4. The van der Waals surface area contributed by atoms with Crippen LogP contribution >= 0.6 is 0 Å². The van der Waals surface area contributed by atoms with Crippen molar-refractivity contribution in [1.82, 2.24) is 15.0 Å². The van der Waals surface area contributed by atoms with Gasteiger partial charge in [0, 0.05) is 94.0 Å². The van der Waals surface area contributed by atoms with E-state index in [9.17, 15) is 0 Å². The molecule has 5 nitrogen and oxygen atoms in total. The number of benzene rings is 5. The van der Waals surface area contributed by atoms with Crippen LogP contribution in [0.5, 0.6) is 0 Å². The summed E-state index contributed by atoms with van der Waals surface area (Å²) in [5.74, 6) is -4.15. The molecule has 0 fully saturated rings. The van der Waals surface area contributed by atoms with Gasteiger partial charge in [-0.15, -0.1) is 0 Å². The topological polar surface area (TPSA) is 46.4 Å². The number of hydrogen-bond donors (Lipinski definition) is 0. The highest BCUT2D eigenvalue weighted by molar-refractivity contribution is 5.66. The lowest BCUT2D eigenvalue weighted by Crippen LogP contribution is -2.30. The molecule has 0 N–H and O–H groups in total. The van der Waals surface area contributed by atoms with Crippen LogP contribution in [0.4, 0.5) is 0 Å². The maximum atomic E-state index is 8.15. The Morgan fingerprint density at radius 2 is 0.923 bits per heavy atom. The minimum absolute atomic E-state index is 0.107. The predicted molar refractivity (Wildman–Crippen MR) is 330 cm³/mol. The van der Waals surface area contributed by atoms with Gasteiger partial charge < -0.3 is 0 Å². The van der Waals surface area contributed by atoms with Gasteiger partial charge in [-0.05, 0) is 184 Å². The summed E-state index contributed by atoms with van der Waals surface area (Å²) in [5, 5.41) is 0. The highest BCUT2D eigenvalue weighted by atomic mass is 14.9. The first kappa shape index (κ1) is 39.2. The van der Waals surface area contributed by atoms with Crippen molar-refractivity contribution >= 4 is 0 Å². The van der Waals surface area contributed by atoms with E-state index in [1.165, 1.54) is 29.3 Å². The summed E-state index contributed by atoms with van der Waals surface area (Å²) in [7, 11) is 4.01. The summed E-state index contributed by atoms with van der Waals surface area (Å²) >= 11 is 0. The van der Waals surface area contributed by atoms with Crippen LogP contribution in [-0.2, 0) is 26.9 Å². The van der Waals surface area contributed by atoms with Gasteiger partial charge >= 0.3 is 0 Å². The van der Waals surface area contributed by atoms with Gasteiger partial charge in [0.1, 0.15) is 14.1 Å². The van der Waals surface area contributed by atoms with E-state index >= 15 is 0 Å². The van der Waals surface area contributed by atoms with E-state index in [1.807, 2.05) is 155 Å². The first-order valence-electron chi connectivity index (χ1n) is 34.4. The second-order valence-electron chi connectivity index (χ2n) is 19.2. The van der Waals surface area contributed by atoms with E-state index in [2.05, 4.69) is 83.0 Å². The van der Waals surface area contributed by atoms with Gasteiger partial charge in [0.05, 0.1) is 17.1 Å². The van der Waals surface area contributed by atoms with E-state index in [0.717, 1.165) is 72.8 Å². The van der Waals surface area contributed by atoms with Gasteiger partial charge in [-0.1, -0.05) is 136 Å². The molecule has 0 saturated carbocycles. The Morgan fingerprint density at radius 1 is 0.436 bits per heavy atom. The van der Waals surface area contributed by atoms with Crippen LogP contribution in [0.2, 0.25) is 0 Å². The van der Waals surface area contributed by atoms with Crippen molar-refractivity contribution in [2.24, 2.45) is 20.0 Å². The molecule has 0 saturated heterocycles. The fraction of sp³-hybridized carbons (Fsp3) is 0.247. The third-order valence-electron chi connectivity index (χ3n) is 12.9. The zero-order chi connectivity index (χ0) is 70.5. The van der Waals surface area contributed by atoms with E-state index in [1.54, 1.807) is 55.0 Å².